The number of carbonyl (C=O) groups excluding carboxylic acids is 1. The van der Waals surface area contributed by atoms with E-state index in [4.69, 9.17) is 5.73 Å². The van der Waals surface area contributed by atoms with Crippen molar-refractivity contribution in [2.45, 2.75) is 19.4 Å². The van der Waals surface area contributed by atoms with Gasteiger partial charge in [-0.25, -0.2) is 14.4 Å². The molecule has 0 radical (unpaired) electrons. The first-order chi connectivity index (χ1) is 15.0. The van der Waals surface area contributed by atoms with Crippen molar-refractivity contribution < 1.29 is 9.18 Å². The molecule has 0 amide bonds. The number of nitrogen functional groups attached to an aromatic ring is 1. The largest absolute Gasteiger partial charge is 0.383 e. The Morgan fingerprint density at radius 3 is 2.81 bits per heavy atom. The third-order valence-electron chi connectivity index (χ3n) is 5.88. The van der Waals surface area contributed by atoms with Gasteiger partial charge < -0.3 is 20.0 Å². The summed E-state index contributed by atoms with van der Waals surface area (Å²) in [5.74, 6) is 0.00580. The lowest BCUT2D eigenvalue weighted by atomic mass is 10.0. The molecule has 0 spiro atoms. The van der Waals surface area contributed by atoms with Crippen LogP contribution in [0.2, 0.25) is 0 Å². The fraction of sp³-hybridized carbons (Fsp3) is 0.217. The number of benzene rings is 1. The number of nitrogens with two attached hydrogens (primary N) is 1. The van der Waals surface area contributed by atoms with Gasteiger partial charge in [0.15, 0.2) is 0 Å². The van der Waals surface area contributed by atoms with Gasteiger partial charge in [-0.3, -0.25) is 4.98 Å². The minimum absolute atomic E-state index is 0.308. The average molecular weight is 416 g/mol. The van der Waals surface area contributed by atoms with Crippen molar-refractivity contribution in [2.75, 3.05) is 17.2 Å². The van der Waals surface area contributed by atoms with Crippen LogP contribution in [0.25, 0.3) is 22.2 Å². The van der Waals surface area contributed by atoms with Crippen molar-refractivity contribution in [1.29, 1.82) is 0 Å². The van der Waals surface area contributed by atoms with Crippen molar-refractivity contribution in [3.63, 3.8) is 0 Å². The van der Waals surface area contributed by atoms with Gasteiger partial charge in [0.05, 0.1) is 11.1 Å². The van der Waals surface area contributed by atoms with Gasteiger partial charge in [0.1, 0.15) is 35.9 Å². The van der Waals surface area contributed by atoms with E-state index in [0.717, 1.165) is 12.0 Å². The molecule has 1 atom stereocenters. The van der Waals surface area contributed by atoms with Gasteiger partial charge in [-0.05, 0) is 37.6 Å². The summed E-state index contributed by atoms with van der Waals surface area (Å²) in [6.45, 7) is 2.42. The molecule has 4 heterocycles. The van der Waals surface area contributed by atoms with E-state index in [1.54, 1.807) is 6.07 Å². The summed E-state index contributed by atoms with van der Waals surface area (Å²) >= 11 is 0. The molecule has 8 heteroatoms. The number of carbonyl (C=O) groups is 1. The van der Waals surface area contributed by atoms with Crippen LogP contribution in [-0.4, -0.2) is 32.3 Å². The zero-order chi connectivity index (χ0) is 21.7. The first-order valence-corrected chi connectivity index (χ1v) is 10.0. The maximum Gasteiger partial charge on any atom is 0.148 e. The van der Waals surface area contributed by atoms with Gasteiger partial charge in [-0.1, -0.05) is 6.07 Å². The number of aryl methyl sites for hydroxylation is 2. The normalized spacial score (nSPS) is 14.1. The highest BCUT2D eigenvalue weighted by molar-refractivity contribution is 6.01. The zero-order valence-electron chi connectivity index (χ0n) is 17.2. The minimum Gasteiger partial charge on any atom is -0.383 e. The molecule has 2 N–H and O–H groups in total. The summed E-state index contributed by atoms with van der Waals surface area (Å²) < 4.78 is 17.5. The Morgan fingerprint density at radius 2 is 2.03 bits per heavy atom. The van der Waals surface area contributed by atoms with Gasteiger partial charge >= 0.3 is 0 Å². The van der Waals surface area contributed by atoms with Crippen molar-refractivity contribution in [3.05, 3.63) is 65.6 Å². The van der Waals surface area contributed by atoms with Crippen LogP contribution in [0.5, 0.6) is 0 Å². The topological polar surface area (TPSA) is 89.9 Å². The Labute approximate surface area is 178 Å². The lowest BCUT2D eigenvalue weighted by Crippen LogP contribution is -2.28. The Morgan fingerprint density at radius 1 is 1.19 bits per heavy atom. The van der Waals surface area contributed by atoms with Crippen LogP contribution in [0.15, 0.2) is 42.9 Å². The molecule has 0 saturated carbocycles. The van der Waals surface area contributed by atoms with E-state index in [-0.39, 0.29) is 5.82 Å². The quantitative estimate of drug-likeness (QED) is 0.513. The molecule has 0 aliphatic carbocycles. The summed E-state index contributed by atoms with van der Waals surface area (Å²) in [5, 5.41) is 0.633. The number of aromatic nitrogens is 4. The molecule has 7 nitrogen and oxygen atoms in total. The molecule has 1 aliphatic heterocycles. The number of halogens is 1. The van der Waals surface area contributed by atoms with Crippen molar-refractivity contribution in [2.24, 2.45) is 7.05 Å². The molecule has 1 unspecified atom stereocenters. The molecule has 1 aliphatic rings. The smallest absolute Gasteiger partial charge is 0.148 e. The van der Waals surface area contributed by atoms with Gasteiger partial charge in [0.25, 0.3) is 0 Å². The summed E-state index contributed by atoms with van der Waals surface area (Å²) in [4.78, 5) is 26.7. The first-order valence-electron chi connectivity index (χ1n) is 10.0. The predicted octanol–water partition coefficient (Wildman–Crippen LogP) is 3.36. The van der Waals surface area contributed by atoms with E-state index in [9.17, 15) is 4.79 Å². The molecule has 0 bridgehead atoms. The zero-order valence-corrected chi connectivity index (χ0v) is 17.2. The number of hydrogen-bond acceptors (Lipinski definition) is 6. The number of aldehydes is 1. The molecule has 3 aromatic heterocycles. The van der Waals surface area contributed by atoms with Crippen LogP contribution >= 0.6 is 0 Å². The third-order valence-corrected chi connectivity index (χ3v) is 5.88. The van der Waals surface area contributed by atoms with Crippen LogP contribution in [0.4, 0.5) is 15.9 Å². The van der Waals surface area contributed by atoms with E-state index in [2.05, 4.69) is 15.0 Å². The van der Waals surface area contributed by atoms with E-state index in [0.29, 0.717) is 57.9 Å². The van der Waals surface area contributed by atoms with Crippen molar-refractivity contribution in [1.82, 2.24) is 19.5 Å². The van der Waals surface area contributed by atoms with Gasteiger partial charge in [0, 0.05) is 47.9 Å². The van der Waals surface area contributed by atoms with Gasteiger partial charge in [0.2, 0.25) is 0 Å². The molecular weight excluding hydrogens is 395 g/mol. The Hall–Kier alpha value is -3.81. The predicted molar refractivity (Wildman–Crippen MR) is 117 cm³/mol. The Balaban J connectivity index is 1.61. The highest BCUT2D eigenvalue weighted by atomic mass is 19.1. The minimum atomic E-state index is -0.562. The van der Waals surface area contributed by atoms with Crippen molar-refractivity contribution in [3.8, 4) is 11.1 Å². The molecule has 156 valence electrons. The Bertz CT molecular complexity index is 1330. The SMILES string of the molecule is Cc1cccc(C(C=O)N2CCc3c2ccc(-c2cn(C)c4ncnc(N)c24)c3F)n1. The summed E-state index contributed by atoms with van der Waals surface area (Å²) in [7, 11) is 1.84. The monoisotopic (exact) mass is 416 g/mol. The average Bonchev–Trinajstić information content (AvgIpc) is 3.32. The van der Waals surface area contributed by atoms with Crippen LogP contribution < -0.4 is 10.6 Å². The highest BCUT2D eigenvalue weighted by Crippen LogP contribution is 2.41. The molecule has 31 heavy (non-hydrogen) atoms. The Kier molecular flexibility index (Phi) is 4.43. The maximum atomic E-state index is 15.7. The molecule has 1 aromatic carbocycles. The van der Waals surface area contributed by atoms with E-state index >= 15 is 4.39 Å². The van der Waals surface area contributed by atoms with Crippen LogP contribution in [0, 0.1) is 12.7 Å². The number of rotatable bonds is 4. The summed E-state index contributed by atoms with van der Waals surface area (Å²) in [6, 6.07) is 8.63. The second kappa shape index (κ2) is 7.16. The maximum absolute atomic E-state index is 15.7. The fourth-order valence-corrected chi connectivity index (χ4v) is 4.44. The number of hydrogen-bond donors (Lipinski definition) is 1. The molecule has 5 rings (SSSR count). The van der Waals surface area contributed by atoms with Gasteiger partial charge in [-0.15, -0.1) is 0 Å². The van der Waals surface area contributed by atoms with E-state index in [1.165, 1.54) is 6.33 Å². The number of fused-ring (bicyclic) bond motifs is 2. The van der Waals surface area contributed by atoms with Crippen LogP contribution in [-0.2, 0) is 18.3 Å². The van der Waals surface area contributed by atoms with Crippen molar-refractivity contribution >= 4 is 28.8 Å². The standard InChI is InChI=1S/C23H21FN6O/c1-13-4-3-5-17(28-13)19(11-31)30-9-8-15-18(30)7-6-14(21(15)24)16-10-29(2)23-20(16)22(25)26-12-27-23/h3-7,10-12,19H,8-9H2,1-2H3,(H2,25,26,27). The van der Waals surface area contributed by atoms with E-state index < -0.39 is 6.04 Å². The van der Waals surface area contributed by atoms with Gasteiger partial charge in [-0.2, -0.15) is 0 Å². The highest BCUT2D eigenvalue weighted by Gasteiger charge is 2.31. The van der Waals surface area contributed by atoms with Crippen LogP contribution in [0.3, 0.4) is 0 Å². The number of pyridine rings is 1. The summed E-state index contributed by atoms with van der Waals surface area (Å²) in [6.07, 6.45) is 4.59. The molecule has 0 fully saturated rings. The lowest BCUT2D eigenvalue weighted by molar-refractivity contribution is -0.109. The van der Waals surface area contributed by atoms with E-state index in [1.807, 2.05) is 53.9 Å². The fourth-order valence-electron chi connectivity index (χ4n) is 4.44. The second-order valence-electron chi connectivity index (χ2n) is 7.76. The number of anilines is 2. The summed E-state index contributed by atoms with van der Waals surface area (Å²) in [5.41, 5.74) is 10.6. The molecule has 4 aromatic rings. The lowest BCUT2D eigenvalue weighted by Gasteiger charge is -2.26. The number of nitrogens with zero attached hydrogens (tertiary/aromatic N) is 5. The second-order valence-corrected chi connectivity index (χ2v) is 7.76. The molecule has 0 saturated heterocycles. The molecular formula is C23H21FN6O. The van der Waals surface area contributed by atoms with Crippen LogP contribution in [0.1, 0.15) is 23.0 Å². The first kappa shape index (κ1) is 19.2. The third kappa shape index (κ3) is 2.94.